The molecule has 1 aliphatic carbocycles. The van der Waals surface area contributed by atoms with Crippen LogP contribution in [0, 0.1) is 0 Å². The van der Waals surface area contributed by atoms with Crippen LogP contribution in [0.3, 0.4) is 0 Å². The van der Waals surface area contributed by atoms with E-state index in [1.54, 1.807) is 20.8 Å². The third-order valence-corrected chi connectivity index (χ3v) is 5.59. The average Bonchev–Trinajstić information content (AvgIpc) is 3.32. The van der Waals surface area contributed by atoms with E-state index < -0.39 is 23.6 Å². The summed E-state index contributed by atoms with van der Waals surface area (Å²) in [5.74, 6) is -0.730. The number of amides is 3. The van der Waals surface area contributed by atoms with Gasteiger partial charge in [0.15, 0.2) is 5.01 Å². The second-order valence-electron chi connectivity index (χ2n) is 8.57. The normalized spacial score (nSPS) is 17.8. The Kier molecular flexibility index (Phi) is 6.42. The maximum absolute atomic E-state index is 12.7. The van der Waals surface area contributed by atoms with Crippen molar-refractivity contribution in [1.29, 1.82) is 0 Å². The molecule has 2 heterocycles. The van der Waals surface area contributed by atoms with Gasteiger partial charge in [0.25, 0.3) is 5.91 Å². The van der Waals surface area contributed by atoms with Crippen LogP contribution in [0.25, 0.3) is 0 Å². The summed E-state index contributed by atoms with van der Waals surface area (Å²) in [7, 11) is 2.03. The first-order chi connectivity index (χ1) is 13.6. The quantitative estimate of drug-likeness (QED) is 0.630. The van der Waals surface area contributed by atoms with Crippen molar-refractivity contribution in [2.75, 3.05) is 20.1 Å². The van der Waals surface area contributed by atoms with E-state index in [0.717, 1.165) is 42.9 Å². The zero-order chi connectivity index (χ0) is 21.2. The molecule has 9 nitrogen and oxygen atoms in total. The number of aromatic nitrogens is 1. The van der Waals surface area contributed by atoms with Crippen molar-refractivity contribution in [3.05, 3.63) is 15.6 Å². The molecule has 1 aliphatic heterocycles. The molecule has 1 aromatic heterocycles. The molecule has 0 bridgehead atoms. The van der Waals surface area contributed by atoms with Gasteiger partial charge >= 0.3 is 6.09 Å². The second-order valence-corrected chi connectivity index (χ2v) is 9.65. The van der Waals surface area contributed by atoms with E-state index in [-0.39, 0.29) is 18.5 Å². The molecule has 1 aromatic rings. The monoisotopic (exact) mass is 423 g/mol. The van der Waals surface area contributed by atoms with E-state index >= 15 is 0 Å². The molecule has 160 valence electrons. The minimum Gasteiger partial charge on any atom is -0.444 e. The molecule has 3 rings (SSSR count). The first kappa shape index (κ1) is 21.5. The van der Waals surface area contributed by atoms with Gasteiger partial charge in [-0.05, 0) is 40.7 Å². The van der Waals surface area contributed by atoms with Gasteiger partial charge in [0.1, 0.15) is 11.6 Å². The Morgan fingerprint density at radius 1 is 1.31 bits per heavy atom. The summed E-state index contributed by atoms with van der Waals surface area (Å²) in [4.78, 5) is 44.9. The molecule has 3 N–H and O–H groups in total. The molecular weight excluding hydrogens is 394 g/mol. The Morgan fingerprint density at radius 2 is 2.03 bits per heavy atom. The lowest BCUT2D eigenvalue weighted by Gasteiger charge is -2.22. The third-order valence-electron chi connectivity index (χ3n) is 4.51. The Labute approximate surface area is 174 Å². The molecule has 0 spiro atoms. The number of carbonyl (C=O) groups excluding carboxylic acids is 3. The van der Waals surface area contributed by atoms with Gasteiger partial charge in [-0.2, -0.15) is 0 Å². The fraction of sp³-hybridized carbons (Fsp3) is 0.684. The highest BCUT2D eigenvalue weighted by Gasteiger charge is 2.30. The Hall–Kier alpha value is -2.20. The van der Waals surface area contributed by atoms with Gasteiger partial charge in [0, 0.05) is 30.4 Å². The Balaban J connectivity index is 1.63. The van der Waals surface area contributed by atoms with Crippen LogP contribution in [-0.4, -0.2) is 65.6 Å². The summed E-state index contributed by atoms with van der Waals surface area (Å²) in [5, 5.41) is 8.49. The second kappa shape index (κ2) is 8.66. The molecule has 10 heteroatoms. The van der Waals surface area contributed by atoms with Crippen molar-refractivity contribution >= 4 is 29.2 Å². The zero-order valence-electron chi connectivity index (χ0n) is 17.3. The van der Waals surface area contributed by atoms with Crippen molar-refractivity contribution in [1.82, 2.24) is 25.8 Å². The predicted octanol–water partition coefficient (Wildman–Crippen LogP) is 1.03. The van der Waals surface area contributed by atoms with E-state index in [9.17, 15) is 14.4 Å². The van der Waals surface area contributed by atoms with Gasteiger partial charge in [-0.3, -0.25) is 9.59 Å². The van der Waals surface area contributed by atoms with Gasteiger partial charge in [-0.25, -0.2) is 9.78 Å². The first-order valence-electron chi connectivity index (χ1n) is 9.86. The number of alkyl carbamates (subject to hydrolysis) is 1. The van der Waals surface area contributed by atoms with E-state index in [1.807, 2.05) is 7.05 Å². The highest BCUT2D eigenvalue weighted by Crippen LogP contribution is 2.24. The largest absolute Gasteiger partial charge is 0.444 e. The van der Waals surface area contributed by atoms with Gasteiger partial charge in [0.2, 0.25) is 5.91 Å². The van der Waals surface area contributed by atoms with E-state index in [0.29, 0.717) is 5.01 Å². The van der Waals surface area contributed by atoms with E-state index in [4.69, 9.17) is 4.74 Å². The number of hydrogen-bond acceptors (Lipinski definition) is 7. The van der Waals surface area contributed by atoms with E-state index in [1.165, 1.54) is 11.3 Å². The number of hydrogen-bond donors (Lipinski definition) is 3. The highest BCUT2D eigenvalue weighted by atomic mass is 32.1. The predicted molar refractivity (Wildman–Crippen MR) is 109 cm³/mol. The number of carbonyl (C=O) groups is 3. The van der Waals surface area contributed by atoms with Crippen molar-refractivity contribution in [3.63, 3.8) is 0 Å². The van der Waals surface area contributed by atoms with Gasteiger partial charge in [-0.15, -0.1) is 11.3 Å². The minimum absolute atomic E-state index is 0.0625. The molecule has 0 radical (unpaired) electrons. The van der Waals surface area contributed by atoms with Crippen molar-refractivity contribution in [3.8, 4) is 0 Å². The SMILES string of the molecule is CN1CCc2nc(C(=O)NC(CNC(=O)OC(C)(C)C)C(=O)NC3CC3)sc2C1. The number of fused-ring (bicyclic) bond motifs is 1. The van der Waals surface area contributed by atoms with Crippen LogP contribution in [0.15, 0.2) is 0 Å². The van der Waals surface area contributed by atoms with Crippen molar-refractivity contribution in [2.24, 2.45) is 0 Å². The molecule has 1 unspecified atom stereocenters. The van der Waals surface area contributed by atoms with Gasteiger partial charge < -0.3 is 25.6 Å². The highest BCUT2D eigenvalue weighted by molar-refractivity contribution is 7.13. The lowest BCUT2D eigenvalue weighted by Crippen LogP contribution is -2.53. The molecule has 0 aromatic carbocycles. The lowest BCUT2D eigenvalue weighted by atomic mass is 10.2. The summed E-state index contributed by atoms with van der Waals surface area (Å²) in [6, 6.07) is -0.759. The van der Waals surface area contributed by atoms with Crippen LogP contribution in [0.1, 0.15) is 54.0 Å². The molecule has 3 amide bonds. The fourth-order valence-corrected chi connectivity index (χ4v) is 3.97. The number of nitrogens with one attached hydrogen (secondary N) is 3. The molecule has 1 fully saturated rings. The van der Waals surface area contributed by atoms with Crippen LogP contribution < -0.4 is 16.0 Å². The maximum Gasteiger partial charge on any atom is 0.407 e. The third kappa shape index (κ3) is 6.40. The molecular formula is C19H29N5O4S. The molecule has 1 atom stereocenters. The van der Waals surface area contributed by atoms with E-state index in [2.05, 4.69) is 25.8 Å². The summed E-state index contributed by atoms with van der Waals surface area (Å²) >= 11 is 1.35. The van der Waals surface area contributed by atoms with Crippen molar-refractivity contribution in [2.45, 2.75) is 64.3 Å². The van der Waals surface area contributed by atoms with Gasteiger partial charge in [-0.1, -0.05) is 0 Å². The maximum atomic E-state index is 12.7. The summed E-state index contributed by atoms with van der Waals surface area (Å²) in [5.41, 5.74) is 0.302. The Morgan fingerprint density at radius 3 is 2.69 bits per heavy atom. The smallest absolute Gasteiger partial charge is 0.407 e. The van der Waals surface area contributed by atoms with Crippen LogP contribution in [-0.2, 0) is 22.5 Å². The lowest BCUT2D eigenvalue weighted by molar-refractivity contribution is -0.123. The summed E-state index contributed by atoms with van der Waals surface area (Å²) in [6.45, 7) is 6.89. The summed E-state index contributed by atoms with van der Waals surface area (Å²) in [6.07, 6.45) is 2.03. The van der Waals surface area contributed by atoms with Crippen LogP contribution in [0.4, 0.5) is 4.79 Å². The number of thiazole rings is 1. The van der Waals surface area contributed by atoms with Gasteiger partial charge in [0.05, 0.1) is 12.2 Å². The van der Waals surface area contributed by atoms with Crippen LogP contribution in [0.2, 0.25) is 0 Å². The number of ether oxygens (including phenoxy) is 1. The zero-order valence-corrected chi connectivity index (χ0v) is 18.1. The van der Waals surface area contributed by atoms with Crippen molar-refractivity contribution < 1.29 is 19.1 Å². The topological polar surface area (TPSA) is 113 Å². The molecule has 0 saturated heterocycles. The molecule has 29 heavy (non-hydrogen) atoms. The summed E-state index contributed by atoms with van der Waals surface area (Å²) < 4.78 is 5.21. The van der Waals surface area contributed by atoms with Crippen LogP contribution >= 0.6 is 11.3 Å². The number of nitrogens with zero attached hydrogens (tertiary/aromatic N) is 2. The minimum atomic E-state index is -0.903. The number of rotatable bonds is 6. The molecule has 1 saturated carbocycles. The number of likely N-dealkylation sites (N-methyl/N-ethyl adjacent to an activating group) is 1. The first-order valence-corrected chi connectivity index (χ1v) is 10.7. The molecule has 2 aliphatic rings. The Bertz CT molecular complexity index is 784. The standard InChI is InChI=1S/C19H29N5O4S/c1-19(2,3)28-18(27)20-9-13(15(25)21-11-5-6-11)22-16(26)17-23-12-7-8-24(4)10-14(12)29-17/h11,13H,5-10H2,1-4H3,(H,20,27)(H,21,25)(H,22,26). The van der Waals surface area contributed by atoms with Crippen LogP contribution in [0.5, 0.6) is 0 Å². The fourth-order valence-electron chi connectivity index (χ4n) is 2.88. The average molecular weight is 424 g/mol.